The summed E-state index contributed by atoms with van der Waals surface area (Å²) in [7, 11) is 0. The summed E-state index contributed by atoms with van der Waals surface area (Å²) in [4.78, 5) is 16.0. The molecule has 0 aliphatic heterocycles. The first-order valence-corrected chi connectivity index (χ1v) is 6.94. The Kier molecular flexibility index (Phi) is 3.80. The lowest BCUT2D eigenvalue weighted by Gasteiger charge is -2.05. The highest BCUT2D eigenvalue weighted by Gasteiger charge is 2.12. The number of benzene rings is 1. The third-order valence-electron chi connectivity index (χ3n) is 1.96. The van der Waals surface area contributed by atoms with E-state index >= 15 is 0 Å². The monoisotopic (exact) mass is 375 g/mol. The van der Waals surface area contributed by atoms with Crippen LogP contribution in [0.15, 0.2) is 32.7 Å². The standard InChI is InChI=1S/C10H7Br2N3OS/c11-5-1-2-7(13)6(3-5)9(16)15-10-14-4-8(12)17-10/h1-4H,13H2,(H,14,15,16). The molecule has 88 valence electrons. The molecule has 0 atom stereocenters. The summed E-state index contributed by atoms with van der Waals surface area (Å²) in [6.07, 6.45) is 1.63. The fourth-order valence-corrected chi connectivity index (χ4v) is 2.66. The normalized spacial score (nSPS) is 10.2. The molecule has 0 aliphatic carbocycles. The molecule has 0 radical (unpaired) electrons. The van der Waals surface area contributed by atoms with E-state index < -0.39 is 0 Å². The molecule has 0 spiro atoms. The van der Waals surface area contributed by atoms with E-state index in [0.29, 0.717) is 16.4 Å². The van der Waals surface area contributed by atoms with Crippen LogP contribution in [0.25, 0.3) is 0 Å². The zero-order chi connectivity index (χ0) is 12.4. The summed E-state index contributed by atoms with van der Waals surface area (Å²) < 4.78 is 1.66. The van der Waals surface area contributed by atoms with Gasteiger partial charge in [0.1, 0.15) is 0 Å². The van der Waals surface area contributed by atoms with E-state index in [4.69, 9.17) is 5.73 Å². The first-order valence-electron chi connectivity index (χ1n) is 4.54. The van der Waals surface area contributed by atoms with Crippen LogP contribution in [-0.4, -0.2) is 10.9 Å². The number of aromatic nitrogens is 1. The van der Waals surface area contributed by atoms with E-state index in [9.17, 15) is 4.79 Å². The Morgan fingerprint density at radius 1 is 1.41 bits per heavy atom. The third kappa shape index (κ3) is 3.05. The average Bonchev–Trinajstić information content (AvgIpc) is 2.67. The molecule has 7 heteroatoms. The molecule has 1 heterocycles. The fourth-order valence-electron chi connectivity index (χ4n) is 1.20. The molecule has 4 nitrogen and oxygen atoms in total. The maximum atomic E-state index is 11.9. The fraction of sp³-hybridized carbons (Fsp3) is 0. The van der Waals surface area contributed by atoms with Crippen molar-refractivity contribution in [3.63, 3.8) is 0 Å². The van der Waals surface area contributed by atoms with Gasteiger partial charge in [0.05, 0.1) is 15.5 Å². The lowest BCUT2D eigenvalue weighted by atomic mass is 10.2. The molecule has 0 saturated carbocycles. The Balaban J connectivity index is 2.22. The molecule has 0 bridgehead atoms. The molecule has 1 amide bonds. The van der Waals surface area contributed by atoms with E-state index in [1.807, 2.05) is 0 Å². The van der Waals surface area contributed by atoms with Crippen LogP contribution in [0.1, 0.15) is 10.4 Å². The minimum Gasteiger partial charge on any atom is -0.398 e. The van der Waals surface area contributed by atoms with Gasteiger partial charge in [-0.25, -0.2) is 4.98 Å². The quantitative estimate of drug-likeness (QED) is 0.788. The van der Waals surface area contributed by atoms with Crippen molar-refractivity contribution in [1.82, 2.24) is 4.98 Å². The number of halogens is 2. The molecule has 0 saturated heterocycles. The molecular formula is C10H7Br2N3OS. The summed E-state index contributed by atoms with van der Waals surface area (Å²) in [5, 5.41) is 3.21. The van der Waals surface area contributed by atoms with Crippen LogP contribution in [0.4, 0.5) is 10.8 Å². The second-order valence-electron chi connectivity index (χ2n) is 3.16. The van der Waals surface area contributed by atoms with Crippen molar-refractivity contribution in [2.24, 2.45) is 0 Å². The van der Waals surface area contributed by atoms with Crippen molar-refractivity contribution >= 4 is 59.9 Å². The van der Waals surface area contributed by atoms with Crippen LogP contribution in [-0.2, 0) is 0 Å². The highest BCUT2D eigenvalue weighted by atomic mass is 79.9. The van der Waals surface area contributed by atoms with Crippen molar-refractivity contribution < 1.29 is 4.79 Å². The molecular weight excluding hydrogens is 370 g/mol. The molecule has 0 aliphatic rings. The first kappa shape index (κ1) is 12.5. The van der Waals surface area contributed by atoms with E-state index in [2.05, 4.69) is 42.2 Å². The smallest absolute Gasteiger partial charge is 0.259 e. The number of hydrogen-bond acceptors (Lipinski definition) is 4. The van der Waals surface area contributed by atoms with Crippen LogP contribution in [0.5, 0.6) is 0 Å². The molecule has 2 rings (SSSR count). The largest absolute Gasteiger partial charge is 0.398 e. The Morgan fingerprint density at radius 2 is 2.18 bits per heavy atom. The minimum absolute atomic E-state index is 0.273. The van der Waals surface area contributed by atoms with Gasteiger partial charge in [0.2, 0.25) is 0 Å². The van der Waals surface area contributed by atoms with E-state index in [0.717, 1.165) is 8.26 Å². The van der Waals surface area contributed by atoms with Gasteiger partial charge in [0.25, 0.3) is 5.91 Å². The molecule has 2 aromatic rings. The SMILES string of the molecule is Nc1ccc(Br)cc1C(=O)Nc1ncc(Br)s1. The van der Waals surface area contributed by atoms with Crippen molar-refractivity contribution in [3.8, 4) is 0 Å². The third-order valence-corrected chi connectivity index (χ3v) is 3.84. The number of amides is 1. The number of thiazole rings is 1. The van der Waals surface area contributed by atoms with Crippen molar-refractivity contribution in [3.05, 3.63) is 38.2 Å². The Bertz CT molecular complexity index is 570. The number of carbonyl (C=O) groups is 1. The predicted molar refractivity (Wildman–Crippen MR) is 76.3 cm³/mol. The Morgan fingerprint density at radius 3 is 2.82 bits per heavy atom. The lowest BCUT2D eigenvalue weighted by Crippen LogP contribution is -2.13. The molecule has 0 fully saturated rings. The van der Waals surface area contributed by atoms with Gasteiger partial charge in [-0.3, -0.25) is 10.1 Å². The van der Waals surface area contributed by atoms with Gasteiger partial charge in [0, 0.05) is 10.2 Å². The van der Waals surface area contributed by atoms with Crippen LogP contribution >= 0.6 is 43.2 Å². The van der Waals surface area contributed by atoms with Crippen LogP contribution in [0, 0.1) is 0 Å². The predicted octanol–water partition coefficient (Wildman–Crippen LogP) is 3.50. The highest BCUT2D eigenvalue weighted by Crippen LogP contribution is 2.25. The number of nitrogens with one attached hydrogen (secondary N) is 1. The second-order valence-corrected chi connectivity index (χ2v) is 6.48. The average molecular weight is 377 g/mol. The number of nitrogens with zero attached hydrogens (tertiary/aromatic N) is 1. The van der Waals surface area contributed by atoms with Crippen molar-refractivity contribution in [1.29, 1.82) is 0 Å². The van der Waals surface area contributed by atoms with Gasteiger partial charge in [-0.05, 0) is 34.1 Å². The van der Waals surface area contributed by atoms with Crippen molar-refractivity contribution in [2.45, 2.75) is 0 Å². The van der Waals surface area contributed by atoms with Gasteiger partial charge in [-0.2, -0.15) is 0 Å². The van der Waals surface area contributed by atoms with Crippen LogP contribution in [0.2, 0.25) is 0 Å². The number of nitrogen functional groups attached to an aromatic ring is 1. The first-order chi connectivity index (χ1) is 8.06. The summed E-state index contributed by atoms with van der Waals surface area (Å²) in [5.41, 5.74) is 6.60. The van der Waals surface area contributed by atoms with Crippen molar-refractivity contribution in [2.75, 3.05) is 11.1 Å². The van der Waals surface area contributed by atoms with E-state index in [-0.39, 0.29) is 5.91 Å². The number of carbonyl (C=O) groups excluding carboxylic acids is 1. The maximum absolute atomic E-state index is 11.9. The Labute approximate surface area is 118 Å². The van der Waals surface area contributed by atoms with E-state index in [1.165, 1.54) is 11.3 Å². The molecule has 1 aromatic heterocycles. The van der Waals surface area contributed by atoms with Gasteiger partial charge in [0.15, 0.2) is 5.13 Å². The minimum atomic E-state index is -0.273. The molecule has 0 unspecified atom stereocenters. The summed E-state index contributed by atoms with van der Waals surface area (Å²) in [6.45, 7) is 0. The van der Waals surface area contributed by atoms with Gasteiger partial charge < -0.3 is 5.73 Å². The second kappa shape index (κ2) is 5.16. The summed E-state index contributed by atoms with van der Waals surface area (Å²) in [5.74, 6) is -0.273. The lowest BCUT2D eigenvalue weighted by molar-refractivity contribution is 0.102. The summed E-state index contributed by atoms with van der Waals surface area (Å²) in [6, 6.07) is 5.14. The van der Waals surface area contributed by atoms with Crippen LogP contribution < -0.4 is 11.1 Å². The zero-order valence-electron chi connectivity index (χ0n) is 8.41. The number of anilines is 2. The number of nitrogens with two attached hydrogens (primary N) is 1. The zero-order valence-corrected chi connectivity index (χ0v) is 12.4. The Hall–Kier alpha value is -0.920. The van der Waals surface area contributed by atoms with Gasteiger partial charge in [-0.15, -0.1) is 0 Å². The molecule has 3 N–H and O–H groups in total. The number of hydrogen-bond donors (Lipinski definition) is 2. The van der Waals surface area contributed by atoms with Crippen LogP contribution in [0.3, 0.4) is 0 Å². The van der Waals surface area contributed by atoms with Gasteiger partial charge in [-0.1, -0.05) is 27.3 Å². The van der Waals surface area contributed by atoms with Gasteiger partial charge >= 0.3 is 0 Å². The van der Waals surface area contributed by atoms with E-state index in [1.54, 1.807) is 24.4 Å². The topological polar surface area (TPSA) is 68.0 Å². The number of rotatable bonds is 2. The molecule has 1 aromatic carbocycles. The molecule has 17 heavy (non-hydrogen) atoms. The highest BCUT2D eigenvalue weighted by molar-refractivity contribution is 9.11. The maximum Gasteiger partial charge on any atom is 0.259 e. The summed E-state index contributed by atoms with van der Waals surface area (Å²) >= 11 is 7.92.